The summed E-state index contributed by atoms with van der Waals surface area (Å²) in [6.07, 6.45) is 1.77. The fourth-order valence-corrected chi connectivity index (χ4v) is 3.85. The molecule has 0 aromatic heterocycles. The molecule has 0 spiro atoms. The number of amides is 2. The lowest BCUT2D eigenvalue weighted by Crippen LogP contribution is -2.41. The SMILES string of the molecule is CCCOc1ccc(NC(=O)CN2C(=O)CSc3ccccc32)cc1OCCC. The first-order valence-electron chi connectivity index (χ1n) is 9.84. The molecule has 154 valence electrons. The van der Waals surface area contributed by atoms with Crippen molar-refractivity contribution in [3.05, 3.63) is 42.5 Å². The van der Waals surface area contributed by atoms with Gasteiger partial charge in [0.2, 0.25) is 11.8 Å². The van der Waals surface area contributed by atoms with Crippen molar-refractivity contribution >= 4 is 35.0 Å². The highest BCUT2D eigenvalue weighted by molar-refractivity contribution is 8.00. The monoisotopic (exact) mass is 414 g/mol. The molecule has 7 heteroatoms. The van der Waals surface area contributed by atoms with E-state index in [1.54, 1.807) is 18.2 Å². The molecule has 29 heavy (non-hydrogen) atoms. The molecule has 0 atom stereocenters. The topological polar surface area (TPSA) is 67.9 Å². The summed E-state index contributed by atoms with van der Waals surface area (Å²) in [6, 6.07) is 13.0. The third-order valence-corrected chi connectivity index (χ3v) is 5.31. The van der Waals surface area contributed by atoms with Crippen molar-refractivity contribution in [2.45, 2.75) is 31.6 Å². The van der Waals surface area contributed by atoms with Crippen molar-refractivity contribution in [2.24, 2.45) is 0 Å². The smallest absolute Gasteiger partial charge is 0.244 e. The van der Waals surface area contributed by atoms with E-state index in [-0.39, 0.29) is 18.4 Å². The summed E-state index contributed by atoms with van der Waals surface area (Å²) in [7, 11) is 0. The van der Waals surface area contributed by atoms with Crippen LogP contribution in [0.5, 0.6) is 11.5 Å². The molecule has 0 radical (unpaired) electrons. The van der Waals surface area contributed by atoms with Gasteiger partial charge in [-0.15, -0.1) is 11.8 Å². The van der Waals surface area contributed by atoms with Crippen LogP contribution < -0.4 is 19.7 Å². The Morgan fingerprint density at radius 2 is 1.79 bits per heavy atom. The van der Waals surface area contributed by atoms with Crippen LogP contribution in [-0.4, -0.2) is 37.3 Å². The van der Waals surface area contributed by atoms with Crippen molar-refractivity contribution in [3.63, 3.8) is 0 Å². The third-order valence-electron chi connectivity index (χ3n) is 4.26. The van der Waals surface area contributed by atoms with Gasteiger partial charge < -0.3 is 19.7 Å². The van der Waals surface area contributed by atoms with E-state index < -0.39 is 0 Å². The predicted molar refractivity (Wildman–Crippen MR) is 116 cm³/mol. The van der Waals surface area contributed by atoms with Crippen LogP contribution in [0.4, 0.5) is 11.4 Å². The maximum atomic E-state index is 12.6. The number of ether oxygens (including phenoxy) is 2. The molecule has 2 aromatic carbocycles. The van der Waals surface area contributed by atoms with E-state index in [9.17, 15) is 9.59 Å². The van der Waals surface area contributed by atoms with Crippen molar-refractivity contribution < 1.29 is 19.1 Å². The lowest BCUT2D eigenvalue weighted by Gasteiger charge is -2.28. The van der Waals surface area contributed by atoms with E-state index in [1.165, 1.54) is 16.7 Å². The molecule has 0 aliphatic carbocycles. The molecule has 0 bridgehead atoms. The Hall–Kier alpha value is -2.67. The molecule has 2 aromatic rings. The molecule has 2 amide bonds. The number of carbonyl (C=O) groups excluding carboxylic acids is 2. The highest BCUT2D eigenvalue weighted by Gasteiger charge is 2.26. The molecule has 0 saturated heterocycles. The van der Waals surface area contributed by atoms with Crippen LogP contribution in [0.2, 0.25) is 0 Å². The maximum Gasteiger partial charge on any atom is 0.244 e. The summed E-state index contributed by atoms with van der Waals surface area (Å²) in [6.45, 7) is 5.21. The number of benzene rings is 2. The van der Waals surface area contributed by atoms with E-state index in [2.05, 4.69) is 5.32 Å². The van der Waals surface area contributed by atoms with E-state index >= 15 is 0 Å². The van der Waals surface area contributed by atoms with Crippen LogP contribution in [0.15, 0.2) is 47.4 Å². The zero-order chi connectivity index (χ0) is 20.6. The van der Waals surface area contributed by atoms with Gasteiger partial charge in [-0.3, -0.25) is 9.59 Å². The standard InChI is InChI=1S/C22H26N2O4S/c1-3-11-27-18-10-9-16(13-19(18)28-12-4-2)23-21(25)14-24-17-7-5-6-8-20(17)29-15-22(24)26/h5-10,13H,3-4,11-12,14-15H2,1-2H3,(H,23,25). The number of anilines is 2. The molecule has 1 N–H and O–H groups in total. The van der Waals surface area contributed by atoms with Crippen LogP contribution in [0.25, 0.3) is 0 Å². The fraction of sp³-hybridized carbons (Fsp3) is 0.364. The van der Waals surface area contributed by atoms with Gasteiger partial charge in [-0.1, -0.05) is 26.0 Å². The summed E-state index contributed by atoms with van der Waals surface area (Å²) in [5.41, 5.74) is 1.39. The lowest BCUT2D eigenvalue weighted by molar-refractivity contribution is -0.120. The Bertz CT molecular complexity index is 872. The number of nitrogens with one attached hydrogen (secondary N) is 1. The first kappa shape index (κ1) is 21.0. The second-order valence-corrected chi connectivity index (χ2v) is 7.66. The maximum absolute atomic E-state index is 12.6. The molecule has 6 nitrogen and oxygen atoms in total. The van der Waals surface area contributed by atoms with Gasteiger partial charge >= 0.3 is 0 Å². The zero-order valence-electron chi connectivity index (χ0n) is 16.8. The fourth-order valence-electron chi connectivity index (χ4n) is 2.91. The minimum Gasteiger partial charge on any atom is -0.490 e. The predicted octanol–water partition coefficient (Wildman–Crippen LogP) is 4.34. The quantitative estimate of drug-likeness (QED) is 0.661. The Labute approximate surface area is 175 Å². The van der Waals surface area contributed by atoms with Crippen LogP contribution in [-0.2, 0) is 9.59 Å². The summed E-state index contributed by atoms with van der Waals surface area (Å²) in [5.74, 6) is 1.27. The molecule has 0 fully saturated rings. The number of rotatable bonds is 9. The molecule has 1 aliphatic heterocycles. The average molecular weight is 415 g/mol. The second kappa shape index (κ2) is 10.2. The van der Waals surface area contributed by atoms with E-state index in [1.807, 2.05) is 38.1 Å². The van der Waals surface area contributed by atoms with Gasteiger partial charge in [0.25, 0.3) is 0 Å². The third kappa shape index (κ3) is 5.44. The number of nitrogens with zero attached hydrogens (tertiary/aromatic N) is 1. The molecular formula is C22H26N2O4S. The largest absolute Gasteiger partial charge is 0.490 e. The van der Waals surface area contributed by atoms with E-state index in [0.29, 0.717) is 36.2 Å². The normalized spacial score (nSPS) is 13.0. The number of fused-ring (bicyclic) bond motifs is 1. The van der Waals surface area contributed by atoms with E-state index in [0.717, 1.165) is 23.4 Å². The van der Waals surface area contributed by atoms with Gasteiger partial charge in [-0.05, 0) is 37.1 Å². The van der Waals surface area contributed by atoms with Gasteiger partial charge in [0.05, 0.1) is 24.7 Å². The first-order valence-corrected chi connectivity index (χ1v) is 10.8. The summed E-state index contributed by atoms with van der Waals surface area (Å²) < 4.78 is 11.5. The molecular weight excluding hydrogens is 388 g/mol. The van der Waals surface area contributed by atoms with Gasteiger partial charge in [0.15, 0.2) is 11.5 Å². The minimum absolute atomic E-state index is 0.0321. The van der Waals surface area contributed by atoms with Crippen LogP contribution in [0.1, 0.15) is 26.7 Å². The molecule has 1 aliphatic rings. The van der Waals surface area contributed by atoms with Crippen molar-refractivity contribution in [1.82, 2.24) is 0 Å². The van der Waals surface area contributed by atoms with E-state index in [4.69, 9.17) is 9.47 Å². The lowest BCUT2D eigenvalue weighted by atomic mass is 10.2. The highest BCUT2D eigenvalue weighted by Crippen LogP contribution is 2.35. The Balaban J connectivity index is 1.71. The Morgan fingerprint density at radius 1 is 1.07 bits per heavy atom. The summed E-state index contributed by atoms with van der Waals surface area (Å²) in [5, 5.41) is 2.87. The Kier molecular flexibility index (Phi) is 7.41. The Morgan fingerprint density at radius 3 is 2.55 bits per heavy atom. The van der Waals surface area contributed by atoms with Crippen molar-refractivity contribution in [1.29, 1.82) is 0 Å². The van der Waals surface area contributed by atoms with Gasteiger partial charge in [0, 0.05) is 16.6 Å². The number of para-hydroxylation sites is 1. The van der Waals surface area contributed by atoms with Gasteiger partial charge in [0.1, 0.15) is 6.54 Å². The van der Waals surface area contributed by atoms with Gasteiger partial charge in [-0.25, -0.2) is 0 Å². The second-order valence-electron chi connectivity index (χ2n) is 6.64. The van der Waals surface area contributed by atoms with Crippen molar-refractivity contribution in [3.8, 4) is 11.5 Å². The number of hydrogen-bond donors (Lipinski definition) is 1. The molecule has 3 rings (SSSR count). The summed E-state index contributed by atoms with van der Waals surface area (Å²) >= 11 is 1.50. The van der Waals surface area contributed by atoms with Crippen LogP contribution in [0, 0.1) is 0 Å². The van der Waals surface area contributed by atoms with Crippen LogP contribution >= 0.6 is 11.8 Å². The summed E-state index contributed by atoms with van der Waals surface area (Å²) in [4.78, 5) is 27.5. The first-order chi connectivity index (χ1) is 14.1. The van der Waals surface area contributed by atoms with Gasteiger partial charge in [-0.2, -0.15) is 0 Å². The highest BCUT2D eigenvalue weighted by atomic mass is 32.2. The molecule has 0 unspecified atom stereocenters. The number of thioether (sulfide) groups is 1. The number of hydrogen-bond acceptors (Lipinski definition) is 5. The molecule has 1 heterocycles. The van der Waals surface area contributed by atoms with Crippen LogP contribution in [0.3, 0.4) is 0 Å². The molecule has 0 saturated carbocycles. The number of carbonyl (C=O) groups is 2. The van der Waals surface area contributed by atoms with Crippen molar-refractivity contribution in [2.75, 3.05) is 35.7 Å². The average Bonchev–Trinajstić information content (AvgIpc) is 2.73. The minimum atomic E-state index is -0.260. The zero-order valence-corrected chi connectivity index (χ0v) is 17.6.